The first kappa shape index (κ1) is 13.5. The van der Waals surface area contributed by atoms with Gasteiger partial charge in [-0.2, -0.15) is 0 Å². The number of esters is 1. The molecule has 1 unspecified atom stereocenters. The average Bonchev–Trinajstić information content (AvgIpc) is 2.37. The number of nitrogens with two attached hydrogens (primary N) is 1. The molecule has 0 saturated heterocycles. The van der Waals surface area contributed by atoms with Crippen LogP contribution in [0.4, 0.5) is 0 Å². The summed E-state index contributed by atoms with van der Waals surface area (Å²) in [5.74, 6) is 0.343. The van der Waals surface area contributed by atoms with Crippen molar-refractivity contribution < 1.29 is 14.3 Å². The lowest BCUT2D eigenvalue weighted by molar-refractivity contribution is -0.142. The Morgan fingerprint density at radius 3 is 2.65 bits per heavy atom. The minimum atomic E-state index is -0.652. The molecule has 1 rings (SSSR count). The van der Waals surface area contributed by atoms with Crippen molar-refractivity contribution in [3.8, 4) is 5.75 Å². The number of aryl methyl sites for hydroxylation is 1. The van der Waals surface area contributed by atoms with E-state index in [-0.39, 0.29) is 0 Å². The van der Waals surface area contributed by atoms with Gasteiger partial charge in [0.05, 0.1) is 14.2 Å². The Kier molecular flexibility index (Phi) is 4.97. The van der Waals surface area contributed by atoms with E-state index in [1.54, 1.807) is 7.11 Å². The van der Waals surface area contributed by atoms with E-state index in [0.29, 0.717) is 6.42 Å². The number of hydrogen-bond acceptors (Lipinski definition) is 4. The molecule has 0 saturated carbocycles. The van der Waals surface area contributed by atoms with Crippen LogP contribution in [-0.4, -0.2) is 26.2 Å². The number of methoxy groups -OCH3 is 2. The van der Waals surface area contributed by atoms with Crippen molar-refractivity contribution in [3.05, 3.63) is 29.3 Å². The van der Waals surface area contributed by atoms with E-state index in [1.807, 2.05) is 18.2 Å². The molecule has 0 amide bonds. The Balaban J connectivity index is 2.91. The quantitative estimate of drug-likeness (QED) is 0.784. The Morgan fingerprint density at radius 1 is 1.41 bits per heavy atom. The van der Waals surface area contributed by atoms with Crippen molar-refractivity contribution >= 4 is 5.97 Å². The first-order valence-electron chi connectivity index (χ1n) is 5.61. The van der Waals surface area contributed by atoms with Gasteiger partial charge in [-0.15, -0.1) is 0 Å². The molecular formula is C13H19NO3. The molecule has 94 valence electrons. The fourth-order valence-electron chi connectivity index (χ4n) is 1.68. The van der Waals surface area contributed by atoms with Crippen molar-refractivity contribution in [2.75, 3.05) is 14.2 Å². The van der Waals surface area contributed by atoms with Gasteiger partial charge in [-0.1, -0.05) is 19.1 Å². The molecule has 0 fully saturated rings. The van der Waals surface area contributed by atoms with Gasteiger partial charge in [0.25, 0.3) is 0 Å². The largest absolute Gasteiger partial charge is 0.496 e. The van der Waals surface area contributed by atoms with Gasteiger partial charge >= 0.3 is 5.97 Å². The monoisotopic (exact) mass is 237 g/mol. The van der Waals surface area contributed by atoms with Crippen molar-refractivity contribution in [2.45, 2.75) is 25.8 Å². The molecule has 1 aromatic rings. The molecule has 0 radical (unpaired) electrons. The van der Waals surface area contributed by atoms with Gasteiger partial charge in [0.2, 0.25) is 0 Å². The zero-order valence-electron chi connectivity index (χ0n) is 10.5. The summed E-state index contributed by atoms with van der Waals surface area (Å²) < 4.78 is 9.86. The molecular weight excluding hydrogens is 218 g/mol. The minimum Gasteiger partial charge on any atom is -0.496 e. The van der Waals surface area contributed by atoms with Gasteiger partial charge in [-0.3, -0.25) is 4.79 Å². The van der Waals surface area contributed by atoms with Crippen LogP contribution < -0.4 is 10.5 Å². The zero-order chi connectivity index (χ0) is 12.8. The molecule has 0 bridgehead atoms. The molecule has 1 atom stereocenters. The third-order valence-corrected chi connectivity index (χ3v) is 2.70. The Bertz CT molecular complexity index is 390. The maximum absolute atomic E-state index is 11.3. The van der Waals surface area contributed by atoms with Gasteiger partial charge in [0.15, 0.2) is 0 Å². The van der Waals surface area contributed by atoms with Crippen molar-refractivity contribution in [1.82, 2.24) is 0 Å². The molecule has 0 aromatic heterocycles. The molecule has 0 spiro atoms. The van der Waals surface area contributed by atoms with Crippen LogP contribution >= 0.6 is 0 Å². The fraction of sp³-hybridized carbons (Fsp3) is 0.462. The number of benzene rings is 1. The van der Waals surface area contributed by atoms with Crippen molar-refractivity contribution in [3.63, 3.8) is 0 Å². The maximum atomic E-state index is 11.3. The highest BCUT2D eigenvalue weighted by atomic mass is 16.5. The summed E-state index contributed by atoms with van der Waals surface area (Å²) in [4.78, 5) is 11.3. The lowest BCUT2D eigenvalue weighted by Crippen LogP contribution is -2.33. The highest BCUT2D eigenvalue weighted by Gasteiger charge is 2.16. The smallest absolute Gasteiger partial charge is 0.322 e. The summed E-state index contributed by atoms with van der Waals surface area (Å²) >= 11 is 0. The molecule has 0 aliphatic rings. The van der Waals surface area contributed by atoms with Crippen LogP contribution in [0.25, 0.3) is 0 Å². The first-order chi connectivity index (χ1) is 8.12. The van der Waals surface area contributed by atoms with Gasteiger partial charge in [0, 0.05) is 6.42 Å². The van der Waals surface area contributed by atoms with Crippen LogP contribution in [0.1, 0.15) is 18.1 Å². The summed E-state index contributed by atoms with van der Waals surface area (Å²) in [5.41, 5.74) is 7.87. The maximum Gasteiger partial charge on any atom is 0.322 e. The van der Waals surface area contributed by atoms with E-state index in [2.05, 4.69) is 11.7 Å². The second-order valence-electron chi connectivity index (χ2n) is 3.83. The number of rotatable bonds is 5. The topological polar surface area (TPSA) is 61.5 Å². The molecule has 0 aliphatic carbocycles. The predicted molar refractivity (Wildman–Crippen MR) is 66.1 cm³/mol. The van der Waals surface area contributed by atoms with Crippen LogP contribution in [0.3, 0.4) is 0 Å². The van der Waals surface area contributed by atoms with E-state index in [0.717, 1.165) is 17.7 Å². The second kappa shape index (κ2) is 6.25. The molecule has 17 heavy (non-hydrogen) atoms. The SMILES string of the molecule is CCc1ccc(OC)c(CC(N)C(=O)OC)c1. The van der Waals surface area contributed by atoms with Crippen molar-refractivity contribution in [2.24, 2.45) is 5.73 Å². The Labute approximate surface area is 102 Å². The standard InChI is InChI=1S/C13H19NO3/c1-4-9-5-6-12(16-2)10(7-9)8-11(14)13(15)17-3/h5-7,11H,4,8,14H2,1-3H3. The summed E-state index contributed by atoms with van der Waals surface area (Å²) in [6.07, 6.45) is 1.36. The van der Waals surface area contributed by atoms with Gasteiger partial charge in [-0.25, -0.2) is 0 Å². The lowest BCUT2D eigenvalue weighted by atomic mass is 10.0. The van der Waals surface area contributed by atoms with Crippen LogP contribution in [0.5, 0.6) is 5.75 Å². The summed E-state index contributed by atoms with van der Waals surface area (Å²) in [6, 6.07) is 5.27. The number of ether oxygens (including phenoxy) is 2. The molecule has 1 aromatic carbocycles. The first-order valence-corrected chi connectivity index (χ1v) is 5.61. The molecule has 0 heterocycles. The fourth-order valence-corrected chi connectivity index (χ4v) is 1.68. The van der Waals surface area contributed by atoms with Crippen LogP contribution in [0.2, 0.25) is 0 Å². The molecule has 4 heteroatoms. The lowest BCUT2D eigenvalue weighted by Gasteiger charge is -2.13. The molecule has 4 nitrogen and oxygen atoms in total. The third-order valence-electron chi connectivity index (χ3n) is 2.70. The van der Waals surface area contributed by atoms with Crippen LogP contribution in [0, 0.1) is 0 Å². The molecule has 2 N–H and O–H groups in total. The van der Waals surface area contributed by atoms with Gasteiger partial charge in [-0.05, 0) is 23.6 Å². The van der Waals surface area contributed by atoms with E-state index < -0.39 is 12.0 Å². The summed E-state index contributed by atoms with van der Waals surface area (Å²) in [6.45, 7) is 2.08. The highest BCUT2D eigenvalue weighted by Crippen LogP contribution is 2.21. The van der Waals surface area contributed by atoms with Gasteiger partial charge in [0.1, 0.15) is 11.8 Å². The number of carbonyl (C=O) groups excluding carboxylic acids is 1. The zero-order valence-corrected chi connectivity index (χ0v) is 10.5. The van der Waals surface area contributed by atoms with E-state index >= 15 is 0 Å². The van der Waals surface area contributed by atoms with Crippen LogP contribution in [-0.2, 0) is 22.4 Å². The van der Waals surface area contributed by atoms with E-state index in [4.69, 9.17) is 10.5 Å². The van der Waals surface area contributed by atoms with E-state index in [1.165, 1.54) is 12.7 Å². The highest BCUT2D eigenvalue weighted by molar-refractivity contribution is 5.75. The molecule has 0 aliphatic heterocycles. The summed E-state index contributed by atoms with van der Waals surface area (Å²) in [7, 11) is 2.94. The second-order valence-corrected chi connectivity index (χ2v) is 3.83. The normalized spacial score (nSPS) is 12.0. The number of hydrogen-bond donors (Lipinski definition) is 1. The van der Waals surface area contributed by atoms with E-state index in [9.17, 15) is 4.79 Å². The average molecular weight is 237 g/mol. The third kappa shape index (κ3) is 3.46. The van der Waals surface area contributed by atoms with Crippen LogP contribution in [0.15, 0.2) is 18.2 Å². The van der Waals surface area contributed by atoms with Gasteiger partial charge < -0.3 is 15.2 Å². The Morgan fingerprint density at radius 2 is 2.12 bits per heavy atom. The minimum absolute atomic E-state index is 0.408. The van der Waals surface area contributed by atoms with Crippen molar-refractivity contribution in [1.29, 1.82) is 0 Å². The predicted octanol–water partition coefficient (Wildman–Crippen LogP) is 1.30. The Hall–Kier alpha value is -1.55. The number of carbonyl (C=O) groups is 1. The summed E-state index contributed by atoms with van der Waals surface area (Å²) in [5, 5.41) is 0.